The van der Waals surface area contributed by atoms with E-state index < -0.39 is 5.56 Å². The van der Waals surface area contributed by atoms with Gasteiger partial charge in [0.25, 0.3) is 5.56 Å². The summed E-state index contributed by atoms with van der Waals surface area (Å²) in [4.78, 5) is 12.0. The molecule has 19 heavy (non-hydrogen) atoms. The standard InChI is InChI=1S/C14H8ClN3O/c15-12-4-1-10(2-5-12)13-6-3-11(9-17)14(19)18(13)8-7-16/h1-6H,8H2. The fourth-order valence-corrected chi connectivity index (χ4v) is 1.89. The summed E-state index contributed by atoms with van der Waals surface area (Å²) in [5.74, 6) is 0. The van der Waals surface area contributed by atoms with Gasteiger partial charge in [0, 0.05) is 5.02 Å². The van der Waals surface area contributed by atoms with Crippen molar-refractivity contribution in [1.82, 2.24) is 4.57 Å². The molecule has 0 aliphatic carbocycles. The van der Waals surface area contributed by atoms with E-state index in [1.807, 2.05) is 12.1 Å². The summed E-state index contributed by atoms with van der Waals surface area (Å²) in [5.41, 5.74) is 0.910. The van der Waals surface area contributed by atoms with Gasteiger partial charge in [0.1, 0.15) is 18.2 Å². The number of nitriles is 2. The summed E-state index contributed by atoms with van der Waals surface area (Å²) in [6.45, 7) is -0.105. The minimum Gasteiger partial charge on any atom is -0.293 e. The number of aromatic nitrogens is 1. The van der Waals surface area contributed by atoms with Gasteiger partial charge in [-0.05, 0) is 29.8 Å². The summed E-state index contributed by atoms with van der Waals surface area (Å²) in [6, 6.07) is 13.8. The van der Waals surface area contributed by atoms with Crippen molar-refractivity contribution in [2.45, 2.75) is 6.54 Å². The maximum Gasteiger partial charge on any atom is 0.269 e. The summed E-state index contributed by atoms with van der Waals surface area (Å²) < 4.78 is 1.28. The van der Waals surface area contributed by atoms with E-state index in [1.165, 1.54) is 10.6 Å². The Bertz CT molecular complexity index is 748. The monoisotopic (exact) mass is 269 g/mol. The van der Waals surface area contributed by atoms with Crippen LogP contribution in [0.4, 0.5) is 0 Å². The number of nitrogens with zero attached hydrogens (tertiary/aromatic N) is 3. The van der Waals surface area contributed by atoms with Gasteiger partial charge in [0.2, 0.25) is 0 Å². The van der Waals surface area contributed by atoms with E-state index in [2.05, 4.69) is 0 Å². The van der Waals surface area contributed by atoms with E-state index in [4.69, 9.17) is 22.1 Å². The van der Waals surface area contributed by atoms with Crippen LogP contribution in [0.5, 0.6) is 0 Å². The molecule has 0 N–H and O–H groups in total. The molecule has 0 saturated carbocycles. The van der Waals surface area contributed by atoms with Gasteiger partial charge in [0.05, 0.1) is 11.8 Å². The topological polar surface area (TPSA) is 69.6 Å². The Kier molecular flexibility index (Phi) is 3.66. The Balaban J connectivity index is 2.68. The molecular formula is C14H8ClN3O. The molecule has 1 heterocycles. The number of pyridine rings is 1. The smallest absolute Gasteiger partial charge is 0.269 e. The molecule has 4 nitrogen and oxygen atoms in total. The van der Waals surface area contributed by atoms with Crippen LogP contribution in [0, 0.1) is 22.7 Å². The van der Waals surface area contributed by atoms with E-state index in [9.17, 15) is 4.79 Å². The van der Waals surface area contributed by atoms with Gasteiger partial charge in [0.15, 0.2) is 0 Å². The number of benzene rings is 1. The van der Waals surface area contributed by atoms with E-state index in [0.29, 0.717) is 10.7 Å². The van der Waals surface area contributed by atoms with Crippen molar-refractivity contribution < 1.29 is 0 Å². The molecule has 0 atom stereocenters. The second kappa shape index (κ2) is 5.39. The molecule has 0 amide bonds. The number of hydrogen-bond donors (Lipinski definition) is 0. The average Bonchev–Trinajstić information content (AvgIpc) is 2.42. The molecule has 0 unspecified atom stereocenters. The summed E-state index contributed by atoms with van der Waals surface area (Å²) >= 11 is 5.82. The Labute approximate surface area is 114 Å². The minimum atomic E-state index is -0.462. The molecule has 0 aliphatic heterocycles. The summed E-state index contributed by atoms with van der Waals surface area (Å²) in [5, 5.41) is 18.2. The zero-order valence-corrected chi connectivity index (χ0v) is 10.6. The molecule has 0 bridgehead atoms. The highest BCUT2D eigenvalue weighted by Crippen LogP contribution is 2.20. The second-order valence-corrected chi connectivity index (χ2v) is 4.24. The molecule has 0 radical (unpaired) electrons. The van der Waals surface area contributed by atoms with E-state index in [1.54, 1.807) is 30.3 Å². The first-order chi connectivity index (χ1) is 9.17. The normalized spacial score (nSPS) is 9.63. The van der Waals surface area contributed by atoms with Gasteiger partial charge in [-0.1, -0.05) is 23.7 Å². The lowest BCUT2D eigenvalue weighted by atomic mass is 10.1. The van der Waals surface area contributed by atoms with Crippen LogP contribution in [-0.4, -0.2) is 4.57 Å². The molecule has 5 heteroatoms. The largest absolute Gasteiger partial charge is 0.293 e. The predicted octanol–water partition coefficient (Wildman–Crippen LogP) is 2.56. The molecule has 0 spiro atoms. The molecule has 1 aromatic heterocycles. The molecule has 0 aliphatic rings. The first-order valence-corrected chi connectivity index (χ1v) is 5.82. The lowest BCUT2D eigenvalue weighted by molar-refractivity contribution is 0.794. The highest BCUT2D eigenvalue weighted by molar-refractivity contribution is 6.30. The van der Waals surface area contributed by atoms with Crippen LogP contribution in [0.2, 0.25) is 5.02 Å². The number of rotatable bonds is 2. The summed E-state index contributed by atoms with van der Waals surface area (Å²) in [6.07, 6.45) is 0. The van der Waals surface area contributed by atoms with Gasteiger partial charge in [-0.2, -0.15) is 10.5 Å². The molecule has 0 saturated heterocycles. The van der Waals surface area contributed by atoms with Crippen LogP contribution < -0.4 is 5.56 Å². The van der Waals surface area contributed by atoms with Gasteiger partial charge in [-0.15, -0.1) is 0 Å². The highest BCUT2D eigenvalue weighted by atomic mass is 35.5. The fourth-order valence-electron chi connectivity index (χ4n) is 1.76. The lowest BCUT2D eigenvalue weighted by Gasteiger charge is -2.10. The zero-order chi connectivity index (χ0) is 13.8. The van der Waals surface area contributed by atoms with Crippen molar-refractivity contribution in [3.05, 3.63) is 57.3 Å². The van der Waals surface area contributed by atoms with Gasteiger partial charge < -0.3 is 0 Å². The van der Waals surface area contributed by atoms with Crippen LogP contribution >= 0.6 is 11.6 Å². The Morgan fingerprint density at radius 1 is 1.11 bits per heavy atom. The van der Waals surface area contributed by atoms with Crippen LogP contribution in [-0.2, 0) is 6.54 Å². The highest BCUT2D eigenvalue weighted by Gasteiger charge is 2.09. The molecule has 2 aromatic rings. The first kappa shape index (κ1) is 12.9. The molecule has 1 aromatic carbocycles. The van der Waals surface area contributed by atoms with Crippen LogP contribution in [0.15, 0.2) is 41.2 Å². The third kappa shape index (κ3) is 2.49. The minimum absolute atomic E-state index is 0.0213. The van der Waals surface area contributed by atoms with Crippen molar-refractivity contribution in [3.63, 3.8) is 0 Å². The predicted molar refractivity (Wildman–Crippen MR) is 71.5 cm³/mol. The maximum absolute atomic E-state index is 12.0. The third-order valence-corrected chi connectivity index (χ3v) is 2.92. The van der Waals surface area contributed by atoms with E-state index in [-0.39, 0.29) is 12.1 Å². The van der Waals surface area contributed by atoms with Crippen molar-refractivity contribution >= 4 is 11.6 Å². The van der Waals surface area contributed by atoms with Gasteiger partial charge in [-0.25, -0.2) is 0 Å². The zero-order valence-electron chi connectivity index (χ0n) is 9.80. The quantitative estimate of drug-likeness (QED) is 0.841. The first-order valence-electron chi connectivity index (χ1n) is 5.44. The van der Waals surface area contributed by atoms with Crippen LogP contribution in [0.25, 0.3) is 11.3 Å². The molecule has 2 rings (SSSR count). The van der Waals surface area contributed by atoms with Gasteiger partial charge in [-0.3, -0.25) is 9.36 Å². The Morgan fingerprint density at radius 3 is 2.37 bits per heavy atom. The summed E-state index contributed by atoms with van der Waals surface area (Å²) in [7, 11) is 0. The third-order valence-electron chi connectivity index (χ3n) is 2.66. The van der Waals surface area contributed by atoms with Crippen LogP contribution in [0.3, 0.4) is 0 Å². The average molecular weight is 270 g/mol. The molecule has 0 fully saturated rings. The van der Waals surface area contributed by atoms with Crippen LogP contribution in [0.1, 0.15) is 5.56 Å². The van der Waals surface area contributed by atoms with Crippen molar-refractivity contribution in [1.29, 1.82) is 10.5 Å². The van der Waals surface area contributed by atoms with E-state index in [0.717, 1.165) is 5.56 Å². The fraction of sp³-hybridized carbons (Fsp3) is 0.0714. The number of halogens is 1. The Morgan fingerprint density at radius 2 is 1.79 bits per heavy atom. The van der Waals surface area contributed by atoms with Crippen molar-refractivity contribution in [3.8, 4) is 23.4 Å². The molecular weight excluding hydrogens is 262 g/mol. The van der Waals surface area contributed by atoms with E-state index >= 15 is 0 Å². The maximum atomic E-state index is 12.0. The van der Waals surface area contributed by atoms with Crippen molar-refractivity contribution in [2.24, 2.45) is 0 Å². The Hall–Kier alpha value is -2.56. The number of hydrogen-bond acceptors (Lipinski definition) is 3. The molecule has 92 valence electrons. The van der Waals surface area contributed by atoms with Gasteiger partial charge >= 0.3 is 0 Å². The second-order valence-electron chi connectivity index (χ2n) is 3.80. The lowest BCUT2D eigenvalue weighted by Crippen LogP contribution is -2.23. The SMILES string of the molecule is N#CCn1c(-c2ccc(Cl)cc2)ccc(C#N)c1=O. The van der Waals surface area contributed by atoms with Crippen molar-refractivity contribution in [2.75, 3.05) is 0 Å².